The van der Waals surface area contributed by atoms with Gasteiger partial charge in [-0.1, -0.05) is 11.8 Å². The molecule has 154 valence electrons. The highest BCUT2D eigenvalue weighted by molar-refractivity contribution is 8.01. The molecule has 2 rings (SSSR count). The molecule has 9 heteroatoms. The maximum Gasteiger partial charge on any atom is 0.244 e. The summed E-state index contributed by atoms with van der Waals surface area (Å²) in [7, 11) is -3.93. The Balaban J connectivity index is 2.26. The van der Waals surface area contributed by atoms with Gasteiger partial charge in [-0.15, -0.1) is 0 Å². The van der Waals surface area contributed by atoms with E-state index in [4.69, 9.17) is 15.6 Å². The van der Waals surface area contributed by atoms with Gasteiger partial charge in [0.1, 0.15) is 17.9 Å². The molecule has 0 spiro atoms. The third kappa shape index (κ3) is 4.30. The van der Waals surface area contributed by atoms with Crippen LogP contribution in [0.3, 0.4) is 0 Å². The Hall–Kier alpha value is -1.73. The molecule has 1 saturated heterocycles. The number of hydrogen-bond donors (Lipinski definition) is 2. The number of thioether (sulfide) groups is 1. The lowest BCUT2D eigenvalue weighted by atomic mass is 9.86. The highest BCUT2D eigenvalue weighted by atomic mass is 32.2. The van der Waals surface area contributed by atoms with Crippen LogP contribution in [0.2, 0.25) is 0 Å². The Labute approximate surface area is 170 Å². The minimum atomic E-state index is -3.93. The molecule has 1 atom stereocenters. The summed E-state index contributed by atoms with van der Waals surface area (Å²) in [5, 5.41) is 8.67. The van der Waals surface area contributed by atoms with Crippen molar-refractivity contribution < 1.29 is 23.1 Å². The summed E-state index contributed by atoms with van der Waals surface area (Å²) in [6, 6.07) is 5.99. The number of ether oxygens (including phenoxy) is 1. The molecule has 0 radical (unpaired) electrons. The van der Waals surface area contributed by atoms with Crippen LogP contribution < -0.4 is 10.5 Å². The first kappa shape index (κ1) is 22.6. The highest BCUT2D eigenvalue weighted by Gasteiger charge is 2.57. The maximum absolute atomic E-state index is 13.3. The summed E-state index contributed by atoms with van der Waals surface area (Å²) in [4.78, 5) is 12.4. The normalized spacial score (nSPS) is 22.1. The Morgan fingerprint density at radius 3 is 2.50 bits per heavy atom. The van der Waals surface area contributed by atoms with Crippen LogP contribution in [0.4, 0.5) is 0 Å². The van der Waals surface area contributed by atoms with Gasteiger partial charge >= 0.3 is 0 Å². The zero-order chi connectivity index (χ0) is 21.0. The zero-order valence-electron chi connectivity index (χ0n) is 16.3. The van der Waals surface area contributed by atoms with Gasteiger partial charge in [0.25, 0.3) is 0 Å². The van der Waals surface area contributed by atoms with Crippen LogP contribution in [0.1, 0.15) is 27.2 Å². The fourth-order valence-corrected chi connectivity index (χ4v) is 6.29. The van der Waals surface area contributed by atoms with Gasteiger partial charge in [-0.2, -0.15) is 16.1 Å². The number of primary amides is 1. The van der Waals surface area contributed by atoms with Crippen LogP contribution in [0.5, 0.6) is 5.75 Å². The zero-order valence-corrected chi connectivity index (χ0v) is 17.9. The number of aliphatic hydroxyl groups excluding tert-OH is 1. The van der Waals surface area contributed by atoms with Crippen molar-refractivity contribution >= 4 is 27.7 Å². The Kier molecular flexibility index (Phi) is 7.04. The molecular weight excluding hydrogens is 400 g/mol. The van der Waals surface area contributed by atoms with Gasteiger partial charge < -0.3 is 15.6 Å². The molecule has 3 N–H and O–H groups in total. The second-order valence-corrected chi connectivity index (χ2v) is 10.5. The van der Waals surface area contributed by atoms with Gasteiger partial charge in [0.05, 0.1) is 11.5 Å². The van der Waals surface area contributed by atoms with Gasteiger partial charge in [-0.25, -0.2) is 8.42 Å². The van der Waals surface area contributed by atoms with Crippen molar-refractivity contribution in [3.63, 3.8) is 0 Å². The third-order valence-electron chi connectivity index (χ3n) is 4.99. The van der Waals surface area contributed by atoms with E-state index >= 15 is 0 Å². The molecule has 0 saturated carbocycles. The number of amides is 1. The topological polar surface area (TPSA) is 110 Å². The molecule has 1 aromatic rings. The molecule has 0 aliphatic carbocycles. The molecule has 0 bridgehead atoms. The molecule has 1 amide bonds. The van der Waals surface area contributed by atoms with Crippen molar-refractivity contribution in [3.8, 4) is 17.6 Å². The standard InChI is InChI=1S/C19H26N2O5S2/c1-18(2)19(3,17(20)23)21(11-14-27-18)28(24,25)16-9-7-15(8-10-16)26-13-6-4-5-12-22/h7-10,22H,5,11-14H2,1-3H3,(H2,20,23). The molecule has 1 aliphatic rings. The number of carbonyl (C=O) groups is 1. The molecule has 1 unspecified atom stereocenters. The minimum Gasteiger partial charge on any atom is -0.481 e. The van der Waals surface area contributed by atoms with E-state index in [0.29, 0.717) is 17.9 Å². The van der Waals surface area contributed by atoms with Crippen molar-refractivity contribution in [3.05, 3.63) is 24.3 Å². The SMILES string of the molecule is CC1(C)SCCN(S(=O)(=O)c2ccc(OCC#CCCO)cc2)C1(C)C(N)=O. The second kappa shape index (κ2) is 8.74. The van der Waals surface area contributed by atoms with Crippen molar-refractivity contribution in [1.82, 2.24) is 4.31 Å². The Bertz CT molecular complexity index is 872. The maximum atomic E-state index is 13.3. The fourth-order valence-electron chi connectivity index (χ4n) is 2.98. The summed E-state index contributed by atoms with van der Waals surface area (Å²) < 4.78 is 32.5. The van der Waals surface area contributed by atoms with E-state index in [9.17, 15) is 13.2 Å². The molecule has 1 aliphatic heterocycles. The largest absolute Gasteiger partial charge is 0.481 e. The van der Waals surface area contributed by atoms with Crippen LogP contribution >= 0.6 is 11.8 Å². The van der Waals surface area contributed by atoms with Gasteiger partial charge in [0, 0.05) is 23.5 Å². The number of carbonyl (C=O) groups excluding carboxylic acids is 1. The van der Waals surface area contributed by atoms with E-state index in [1.165, 1.54) is 28.2 Å². The van der Waals surface area contributed by atoms with Crippen LogP contribution in [0.25, 0.3) is 0 Å². The van der Waals surface area contributed by atoms with Crippen molar-refractivity contribution in [2.75, 3.05) is 25.5 Å². The number of aliphatic hydroxyl groups is 1. The van der Waals surface area contributed by atoms with Gasteiger partial charge in [0.2, 0.25) is 15.9 Å². The quantitative estimate of drug-likeness (QED) is 0.662. The molecule has 28 heavy (non-hydrogen) atoms. The number of nitrogens with zero attached hydrogens (tertiary/aromatic N) is 1. The molecule has 1 aromatic carbocycles. The van der Waals surface area contributed by atoms with Crippen molar-refractivity contribution in [1.29, 1.82) is 0 Å². The van der Waals surface area contributed by atoms with Gasteiger partial charge in [0.15, 0.2) is 0 Å². The molecular formula is C19H26N2O5S2. The predicted octanol–water partition coefficient (Wildman–Crippen LogP) is 1.21. The number of benzene rings is 1. The van der Waals surface area contributed by atoms with E-state index in [2.05, 4.69) is 11.8 Å². The monoisotopic (exact) mass is 426 g/mol. The summed E-state index contributed by atoms with van der Waals surface area (Å²) in [6.07, 6.45) is 0.379. The fraction of sp³-hybridized carbons (Fsp3) is 0.526. The number of rotatable bonds is 6. The lowest BCUT2D eigenvalue weighted by Crippen LogP contribution is -2.69. The van der Waals surface area contributed by atoms with Crippen LogP contribution in [-0.4, -0.2) is 59.5 Å². The Morgan fingerprint density at radius 1 is 1.29 bits per heavy atom. The first-order valence-corrected chi connectivity index (χ1v) is 11.3. The predicted molar refractivity (Wildman–Crippen MR) is 109 cm³/mol. The summed E-state index contributed by atoms with van der Waals surface area (Å²) in [5.74, 6) is 5.87. The molecule has 0 aromatic heterocycles. The summed E-state index contributed by atoms with van der Waals surface area (Å²) >= 11 is 1.53. The lowest BCUT2D eigenvalue weighted by molar-refractivity contribution is -0.128. The Morgan fingerprint density at radius 2 is 1.93 bits per heavy atom. The average Bonchev–Trinajstić information content (AvgIpc) is 2.63. The molecule has 1 heterocycles. The highest BCUT2D eigenvalue weighted by Crippen LogP contribution is 2.45. The van der Waals surface area contributed by atoms with Gasteiger partial charge in [-0.3, -0.25) is 4.79 Å². The van der Waals surface area contributed by atoms with Crippen LogP contribution in [0.15, 0.2) is 29.2 Å². The summed E-state index contributed by atoms with van der Waals surface area (Å²) in [5.41, 5.74) is 4.29. The van der Waals surface area contributed by atoms with E-state index in [1.807, 2.05) is 13.8 Å². The van der Waals surface area contributed by atoms with E-state index < -0.39 is 26.2 Å². The van der Waals surface area contributed by atoms with E-state index in [-0.39, 0.29) is 24.7 Å². The van der Waals surface area contributed by atoms with E-state index in [1.54, 1.807) is 19.1 Å². The minimum absolute atomic E-state index is 0.00437. The average molecular weight is 427 g/mol. The number of nitrogens with two attached hydrogens (primary N) is 1. The lowest BCUT2D eigenvalue weighted by Gasteiger charge is -2.51. The second-order valence-electron chi connectivity index (χ2n) is 6.96. The van der Waals surface area contributed by atoms with Crippen molar-refractivity contribution in [2.45, 2.75) is 42.4 Å². The van der Waals surface area contributed by atoms with Gasteiger partial charge in [-0.05, 0) is 45.0 Å². The number of sulfonamides is 1. The third-order valence-corrected chi connectivity index (χ3v) is 8.49. The smallest absolute Gasteiger partial charge is 0.244 e. The first-order valence-electron chi connectivity index (χ1n) is 8.83. The molecule has 1 fully saturated rings. The first-order chi connectivity index (χ1) is 13.1. The van der Waals surface area contributed by atoms with Crippen molar-refractivity contribution in [2.24, 2.45) is 5.73 Å². The van der Waals surface area contributed by atoms with Crippen LogP contribution in [0, 0.1) is 11.8 Å². The van der Waals surface area contributed by atoms with E-state index in [0.717, 1.165) is 0 Å². The number of hydrogen-bond acceptors (Lipinski definition) is 6. The molecule has 7 nitrogen and oxygen atoms in total. The van der Waals surface area contributed by atoms with Crippen LogP contribution in [-0.2, 0) is 14.8 Å². The summed E-state index contributed by atoms with van der Waals surface area (Å²) in [6.45, 7) is 5.59.